The first-order valence-corrected chi connectivity index (χ1v) is 12.9. The van der Waals surface area contributed by atoms with Crippen molar-refractivity contribution in [3.63, 3.8) is 0 Å². The molecular weight excluding hydrogens is 461 g/mol. The summed E-state index contributed by atoms with van der Waals surface area (Å²) in [5.41, 5.74) is 3.58. The van der Waals surface area contributed by atoms with E-state index in [-0.39, 0.29) is 37.0 Å². The lowest BCUT2D eigenvalue weighted by atomic mass is 9.98. The van der Waals surface area contributed by atoms with Crippen molar-refractivity contribution in [1.29, 1.82) is 0 Å². The van der Waals surface area contributed by atoms with Crippen molar-refractivity contribution in [3.8, 4) is 5.75 Å². The van der Waals surface area contributed by atoms with E-state index >= 15 is 0 Å². The van der Waals surface area contributed by atoms with Gasteiger partial charge in [0.05, 0.1) is 32.5 Å². The zero-order valence-electron chi connectivity index (χ0n) is 22.0. The average molecular weight is 502 g/mol. The molecule has 1 fully saturated rings. The van der Waals surface area contributed by atoms with E-state index in [2.05, 4.69) is 4.90 Å². The number of carbonyl (C=O) groups is 1. The summed E-state index contributed by atoms with van der Waals surface area (Å²) >= 11 is 0. The molecule has 1 heterocycles. The van der Waals surface area contributed by atoms with Gasteiger partial charge in [-0.2, -0.15) is 0 Å². The molecule has 0 amide bonds. The maximum Gasteiger partial charge on any atom is 0.306 e. The number of methoxy groups -OCH3 is 1. The predicted octanol–water partition coefficient (Wildman–Crippen LogP) is 4.78. The number of esters is 1. The van der Waals surface area contributed by atoms with Crippen LogP contribution in [0.1, 0.15) is 61.5 Å². The number of ether oxygens (including phenoxy) is 3. The fourth-order valence-corrected chi connectivity index (χ4v) is 4.86. The summed E-state index contributed by atoms with van der Waals surface area (Å²) < 4.78 is 30.5. The van der Waals surface area contributed by atoms with Crippen molar-refractivity contribution in [2.24, 2.45) is 0 Å². The highest BCUT2D eigenvalue weighted by molar-refractivity contribution is 5.69. The Morgan fingerprint density at radius 2 is 2.06 bits per heavy atom. The second-order valence-electron chi connectivity index (χ2n) is 9.58. The van der Waals surface area contributed by atoms with Crippen molar-refractivity contribution in [2.75, 3.05) is 33.4 Å². The smallest absolute Gasteiger partial charge is 0.306 e. The highest BCUT2D eigenvalue weighted by atomic mass is 19.1. The third kappa shape index (κ3) is 8.02. The number of carbonyl (C=O) groups excluding carboxylic acids is 1. The Morgan fingerprint density at radius 1 is 1.25 bits per heavy atom. The zero-order valence-corrected chi connectivity index (χ0v) is 22.0. The van der Waals surface area contributed by atoms with Crippen molar-refractivity contribution in [2.45, 2.75) is 71.1 Å². The molecule has 198 valence electrons. The number of aryl methyl sites for hydroxylation is 2. The topological polar surface area (TPSA) is 68.2 Å². The van der Waals surface area contributed by atoms with Crippen LogP contribution in [0.3, 0.4) is 0 Å². The highest BCUT2D eigenvalue weighted by Crippen LogP contribution is 2.27. The Bertz CT molecular complexity index is 998. The van der Waals surface area contributed by atoms with Crippen LogP contribution in [0.15, 0.2) is 36.4 Å². The fraction of sp³-hybridized carbons (Fsp3) is 0.552. The fourth-order valence-electron chi connectivity index (χ4n) is 4.86. The van der Waals surface area contributed by atoms with Gasteiger partial charge in [-0.15, -0.1) is 0 Å². The molecule has 2 aromatic carbocycles. The van der Waals surface area contributed by atoms with E-state index in [1.165, 1.54) is 0 Å². The molecule has 0 bridgehead atoms. The van der Waals surface area contributed by atoms with E-state index in [9.17, 15) is 14.3 Å². The molecule has 0 aromatic heterocycles. The molecule has 0 saturated carbocycles. The van der Waals surface area contributed by atoms with Crippen LogP contribution in [0.25, 0.3) is 0 Å². The van der Waals surface area contributed by atoms with E-state index < -0.39 is 6.10 Å². The second kappa shape index (κ2) is 13.7. The van der Waals surface area contributed by atoms with E-state index in [1.807, 2.05) is 37.3 Å². The molecule has 0 aliphatic carbocycles. The van der Waals surface area contributed by atoms with Crippen LogP contribution in [-0.2, 0) is 27.1 Å². The first-order chi connectivity index (χ1) is 17.3. The molecule has 1 aliphatic rings. The standard InChI is InChI=1S/C29H40FNO5/c1-5-35-29(33)13-10-23-17-26(34-4)11-12-27(23)21(3)36-19-25(32)18-31-14-6-7-24(31)15-22-9-8-20(2)28(30)16-22/h8-9,11-12,16-17,21,24-25,32H,5-7,10,13-15,18-19H2,1-4H3/t21-,24+,25-/m1/s1. The molecule has 1 saturated heterocycles. The molecule has 7 heteroatoms. The van der Waals surface area contributed by atoms with Gasteiger partial charge in [-0.3, -0.25) is 9.69 Å². The first-order valence-electron chi connectivity index (χ1n) is 12.9. The van der Waals surface area contributed by atoms with Gasteiger partial charge in [0.25, 0.3) is 0 Å². The Balaban J connectivity index is 1.55. The van der Waals surface area contributed by atoms with Crippen LogP contribution in [-0.4, -0.2) is 61.5 Å². The lowest BCUT2D eigenvalue weighted by molar-refractivity contribution is -0.143. The van der Waals surface area contributed by atoms with Gasteiger partial charge in [-0.1, -0.05) is 18.2 Å². The molecule has 3 atom stereocenters. The van der Waals surface area contributed by atoms with E-state index in [0.717, 1.165) is 48.2 Å². The van der Waals surface area contributed by atoms with Gasteiger partial charge in [-0.25, -0.2) is 4.39 Å². The predicted molar refractivity (Wildman–Crippen MR) is 138 cm³/mol. The minimum Gasteiger partial charge on any atom is -0.497 e. The summed E-state index contributed by atoms with van der Waals surface area (Å²) in [5, 5.41) is 10.7. The number of aliphatic hydroxyl groups excluding tert-OH is 1. The summed E-state index contributed by atoms with van der Waals surface area (Å²) in [6.45, 7) is 7.52. The maximum atomic E-state index is 14.0. The molecular formula is C29H40FNO5. The SMILES string of the molecule is CCOC(=O)CCc1cc(OC)ccc1[C@@H](C)OC[C@H](O)CN1CCC[C@H]1Cc1ccc(C)c(F)c1. The van der Waals surface area contributed by atoms with Crippen LogP contribution < -0.4 is 4.74 Å². The minimum absolute atomic E-state index is 0.167. The third-order valence-electron chi connectivity index (χ3n) is 6.88. The lowest BCUT2D eigenvalue weighted by Crippen LogP contribution is -2.39. The van der Waals surface area contributed by atoms with Gasteiger partial charge < -0.3 is 19.3 Å². The van der Waals surface area contributed by atoms with Crippen LogP contribution in [0, 0.1) is 12.7 Å². The van der Waals surface area contributed by atoms with Crippen LogP contribution in [0.4, 0.5) is 4.39 Å². The molecule has 2 aromatic rings. The number of nitrogens with zero attached hydrogens (tertiary/aromatic N) is 1. The number of hydrogen-bond donors (Lipinski definition) is 1. The molecule has 1 aliphatic heterocycles. The monoisotopic (exact) mass is 501 g/mol. The largest absolute Gasteiger partial charge is 0.497 e. The molecule has 0 spiro atoms. The number of aliphatic hydroxyl groups is 1. The summed E-state index contributed by atoms with van der Waals surface area (Å²) in [7, 11) is 1.61. The van der Waals surface area contributed by atoms with Crippen LogP contribution in [0.5, 0.6) is 5.75 Å². The Labute approximate surface area is 214 Å². The maximum absolute atomic E-state index is 14.0. The van der Waals surface area contributed by atoms with E-state index in [1.54, 1.807) is 27.0 Å². The Hall–Kier alpha value is -2.48. The van der Waals surface area contributed by atoms with Crippen LogP contribution >= 0.6 is 0 Å². The average Bonchev–Trinajstić information content (AvgIpc) is 3.29. The van der Waals surface area contributed by atoms with Crippen molar-refractivity contribution in [1.82, 2.24) is 4.90 Å². The Kier molecular flexibility index (Phi) is 10.7. The van der Waals surface area contributed by atoms with Crippen molar-refractivity contribution in [3.05, 3.63) is 64.5 Å². The number of benzene rings is 2. The summed E-state index contributed by atoms with van der Waals surface area (Å²) in [6, 6.07) is 11.5. The zero-order chi connectivity index (χ0) is 26.1. The molecule has 36 heavy (non-hydrogen) atoms. The van der Waals surface area contributed by atoms with Gasteiger partial charge in [-0.05, 0) is 93.5 Å². The lowest BCUT2D eigenvalue weighted by Gasteiger charge is -2.28. The molecule has 0 radical (unpaired) electrons. The van der Waals surface area contributed by atoms with E-state index in [4.69, 9.17) is 14.2 Å². The molecule has 3 rings (SSSR count). The number of β-amino-alcohol motifs (C(OH)–C–C–N with tert-alkyl or cyclic N) is 1. The normalized spacial score (nSPS) is 17.7. The van der Waals surface area contributed by atoms with Gasteiger partial charge >= 0.3 is 5.97 Å². The number of rotatable bonds is 13. The second-order valence-corrected chi connectivity index (χ2v) is 9.58. The highest BCUT2D eigenvalue weighted by Gasteiger charge is 2.27. The molecule has 6 nitrogen and oxygen atoms in total. The van der Waals surface area contributed by atoms with Crippen LogP contribution in [0.2, 0.25) is 0 Å². The van der Waals surface area contributed by atoms with E-state index in [0.29, 0.717) is 25.1 Å². The van der Waals surface area contributed by atoms with Gasteiger partial charge in [0, 0.05) is 19.0 Å². The minimum atomic E-state index is -0.635. The number of halogens is 1. The Morgan fingerprint density at radius 3 is 2.78 bits per heavy atom. The van der Waals surface area contributed by atoms with Crippen molar-refractivity contribution >= 4 is 5.97 Å². The summed E-state index contributed by atoms with van der Waals surface area (Å²) in [4.78, 5) is 14.2. The quantitative estimate of drug-likeness (QED) is 0.398. The number of likely N-dealkylation sites (tertiary alicyclic amines) is 1. The summed E-state index contributed by atoms with van der Waals surface area (Å²) in [6.07, 6.45) is 2.79. The van der Waals surface area contributed by atoms with Crippen molar-refractivity contribution < 1.29 is 28.5 Å². The number of hydrogen-bond acceptors (Lipinski definition) is 6. The summed E-state index contributed by atoms with van der Waals surface area (Å²) in [5.74, 6) is 0.321. The molecule has 0 unspecified atom stereocenters. The first kappa shape index (κ1) is 28.1. The van der Waals surface area contributed by atoms with Gasteiger partial charge in [0.2, 0.25) is 0 Å². The molecule has 1 N–H and O–H groups in total. The van der Waals surface area contributed by atoms with Gasteiger partial charge in [0.15, 0.2) is 0 Å². The third-order valence-corrected chi connectivity index (χ3v) is 6.88. The van der Waals surface area contributed by atoms with Gasteiger partial charge in [0.1, 0.15) is 11.6 Å².